The van der Waals surface area contributed by atoms with E-state index in [0.29, 0.717) is 0 Å². The first kappa shape index (κ1) is 20.4. The van der Waals surface area contributed by atoms with Gasteiger partial charge in [-0.25, -0.2) is 0 Å². The van der Waals surface area contributed by atoms with Gasteiger partial charge in [0.05, 0.1) is 5.56 Å². The number of fused-ring (bicyclic) bond motifs is 9. The summed E-state index contributed by atoms with van der Waals surface area (Å²) in [4.78, 5) is 0. The number of para-hydroxylation sites is 1. The number of benzene rings is 5. The van der Waals surface area contributed by atoms with Crippen LogP contribution in [0, 0.1) is 6.92 Å². The van der Waals surface area contributed by atoms with Crippen LogP contribution in [-0.2, 0) is 7.05 Å². The molecule has 35 heavy (non-hydrogen) atoms. The minimum atomic E-state index is 1.28. The molecule has 0 N–H and O–H groups in total. The third-order valence-corrected chi connectivity index (χ3v) is 8.53. The summed E-state index contributed by atoms with van der Waals surface area (Å²) in [6.07, 6.45) is 0. The number of hydrogen-bond acceptors (Lipinski definition) is 1. The van der Waals surface area contributed by atoms with Crippen LogP contribution >= 0.6 is 11.3 Å². The predicted molar refractivity (Wildman–Crippen MR) is 148 cm³/mol. The highest BCUT2D eigenvalue weighted by atomic mass is 32.1. The lowest BCUT2D eigenvalue weighted by atomic mass is 9.80. The maximum Gasteiger partial charge on any atom is 0.270 e. The Hall–Kier alpha value is -4.01. The molecule has 0 atom stereocenters. The molecule has 5 aromatic carbocycles. The average Bonchev–Trinajstić information content (AvgIpc) is 3.24. The topological polar surface area (TPSA) is 3.88 Å². The summed E-state index contributed by atoms with van der Waals surface area (Å²) in [5.74, 6) is 0. The third-order valence-electron chi connectivity index (χ3n) is 7.27. The summed E-state index contributed by atoms with van der Waals surface area (Å²) in [5, 5.41) is 1.29. The number of aryl methyl sites for hydroxylation is 2. The summed E-state index contributed by atoms with van der Waals surface area (Å²) < 4.78 is 3.66. The highest BCUT2D eigenvalue weighted by Gasteiger charge is 2.26. The zero-order valence-corrected chi connectivity index (χ0v) is 20.6. The van der Waals surface area contributed by atoms with Crippen molar-refractivity contribution in [3.63, 3.8) is 0 Å². The van der Waals surface area contributed by atoms with Gasteiger partial charge in [0.1, 0.15) is 11.7 Å². The van der Waals surface area contributed by atoms with Crippen molar-refractivity contribution in [2.24, 2.45) is 7.05 Å². The molecule has 0 radical (unpaired) electrons. The Kier molecular flexibility index (Phi) is 4.52. The summed E-state index contributed by atoms with van der Waals surface area (Å²) in [6, 6.07) is 40.0. The molecule has 0 saturated carbocycles. The molecule has 0 fully saturated rings. The van der Waals surface area contributed by atoms with Gasteiger partial charge < -0.3 is 0 Å². The van der Waals surface area contributed by atoms with Crippen LogP contribution in [0.25, 0.3) is 65.3 Å². The second kappa shape index (κ2) is 7.76. The minimum Gasteiger partial charge on any atom is -0.184 e. The molecule has 1 aliphatic rings. The maximum absolute atomic E-state index is 2.43. The lowest BCUT2D eigenvalue weighted by Crippen LogP contribution is -2.28. The van der Waals surface area contributed by atoms with E-state index in [9.17, 15) is 0 Å². The molecule has 0 aliphatic heterocycles. The summed E-state index contributed by atoms with van der Waals surface area (Å²) in [5.41, 5.74) is 14.2. The van der Waals surface area contributed by atoms with E-state index in [4.69, 9.17) is 0 Å². The van der Waals surface area contributed by atoms with E-state index < -0.39 is 0 Å². The Bertz CT molecular complexity index is 1770. The van der Waals surface area contributed by atoms with Gasteiger partial charge in [-0.2, -0.15) is 4.57 Å². The quantitative estimate of drug-likeness (QED) is 0.213. The normalized spacial score (nSPS) is 11.7. The molecule has 0 bridgehead atoms. The monoisotopic (exact) mass is 466 g/mol. The van der Waals surface area contributed by atoms with E-state index in [0.717, 1.165) is 0 Å². The Morgan fingerprint density at radius 1 is 0.486 bits per heavy atom. The summed E-state index contributed by atoms with van der Waals surface area (Å²) in [7, 11) is 2.18. The fourth-order valence-corrected chi connectivity index (χ4v) is 6.81. The van der Waals surface area contributed by atoms with Crippen LogP contribution in [0.2, 0.25) is 0 Å². The van der Waals surface area contributed by atoms with Gasteiger partial charge in [-0.1, -0.05) is 96.3 Å². The fourth-order valence-electron chi connectivity index (χ4n) is 5.58. The number of rotatable bonds is 1. The Labute approximate surface area is 209 Å². The smallest absolute Gasteiger partial charge is 0.184 e. The van der Waals surface area contributed by atoms with Crippen LogP contribution < -0.4 is 4.57 Å². The van der Waals surface area contributed by atoms with Gasteiger partial charge in [-0.15, -0.1) is 0 Å². The number of aromatic nitrogens is 1. The van der Waals surface area contributed by atoms with Crippen LogP contribution in [0.5, 0.6) is 0 Å². The highest BCUT2D eigenvalue weighted by Crippen LogP contribution is 2.49. The molecule has 7 rings (SSSR count). The SMILES string of the molecule is Cc1cc2c(cc1-c1sc3ccccc3[n+]1C)-c1ccccc1-c1ccccc1-c1ccccc1-2. The van der Waals surface area contributed by atoms with Gasteiger partial charge in [0.25, 0.3) is 5.01 Å². The zero-order valence-electron chi connectivity index (χ0n) is 19.7. The molecular weight excluding hydrogens is 442 g/mol. The average molecular weight is 467 g/mol. The lowest BCUT2D eigenvalue weighted by Gasteiger charge is -2.24. The van der Waals surface area contributed by atoms with Crippen molar-refractivity contribution in [1.82, 2.24) is 0 Å². The van der Waals surface area contributed by atoms with Crippen molar-refractivity contribution in [3.8, 4) is 55.1 Å². The minimum absolute atomic E-state index is 1.28. The number of hydrogen-bond donors (Lipinski definition) is 0. The number of nitrogens with zero attached hydrogens (tertiary/aromatic N) is 1. The second-order valence-electron chi connectivity index (χ2n) is 9.28. The Morgan fingerprint density at radius 2 is 0.914 bits per heavy atom. The first-order chi connectivity index (χ1) is 17.2. The van der Waals surface area contributed by atoms with E-state index in [1.165, 1.54) is 70.9 Å². The first-order valence-corrected chi connectivity index (χ1v) is 12.8. The van der Waals surface area contributed by atoms with Crippen LogP contribution in [0.1, 0.15) is 5.56 Å². The van der Waals surface area contributed by atoms with E-state index in [-0.39, 0.29) is 0 Å². The van der Waals surface area contributed by atoms with Crippen LogP contribution in [-0.4, -0.2) is 0 Å². The van der Waals surface area contributed by atoms with Crippen LogP contribution in [0.15, 0.2) is 109 Å². The van der Waals surface area contributed by atoms with Gasteiger partial charge in [-0.05, 0) is 75.2 Å². The fraction of sp³-hybridized carbons (Fsp3) is 0.0606. The molecule has 1 heterocycles. The standard InChI is InChI=1S/C33H24NS/c1-21-19-29-26-15-7-5-13-24(26)22-11-3-4-12-23(22)25-14-6-8-16-27(25)30(29)20-28(21)33-34(2)31-17-9-10-18-32(31)35-33/h3-20H,1-2H3/q+1. The zero-order chi connectivity index (χ0) is 23.5. The van der Waals surface area contributed by atoms with Crippen LogP contribution in [0.3, 0.4) is 0 Å². The Morgan fingerprint density at radius 3 is 1.43 bits per heavy atom. The summed E-state index contributed by atoms with van der Waals surface area (Å²) in [6.45, 7) is 2.25. The molecule has 0 saturated heterocycles. The predicted octanol–water partition coefficient (Wildman–Crippen LogP) is 8.68. The first-order valence-electron chi connectivity index (χ1n) is 12.0. The van der Waals surface area contributed by atoms with E-state index >= 15 is 0 Å². The lowest BCUT2D eigenvalue weighted by molar-refractivity contribution is -0.629. The molecule has 1 aliphatic carbocycles. The highest BCUT2D eigenvalue weighted by molar-refractivity contribution is 7.21. The molecule has 1 nitrogen and oxygen atoms in total. The molecule has 0 spiro atoms. The molecule has 2 heteroatoms. The van der Waals surface area contributed by atoms with E-state index in [2.05, 4.69) is 128 Å². The van der Waals surface area contributed by atoms with Gasteiger partial charge in [0.2, 0.25) is 5.52 Å². The van der Waals surface area contributed by atoms with Gasteiger partial charge in [0.15, 0.2) is 0 Å². The van der Waals surface area contributed by atoms with Crippen molar-refractivity contribution in [2.75, 3.05) is 0 Å². The van der Waals surface area contributed by atoms with Crippen molar-refractivity contribution in [3.05, 3.63) is 115 Å². The van der Waals surface area contributed by atoms with Crippen molar-refractivity contribution in [1.29, 1.82) is 0 Å². The summed E-state index contributed by atoms with van der Waals surface area (Å²) >= 11 is 1.87. The third kappa shape index (κ3) is 3.03. The molecular formula is C33H24NS+. The molecule has 1 aromatic heterocycles. The van der Waals surface area contributed by atoms with E-state index in [1.54, 1.807) is 0 Å². The van der Waals surface area contributed by atoms with Gasteiger partial charge >= 0.3 is 0 Å². The molecule has 6 aromatic rings. The maximum atomic E-state index is 2.43. The van der Waals surface area contributed by atoms with Crippen molar-refractivity contribution < 1.29 is 4.57 Å². The molecule has 0 amide bonds. The van der Waals surface area contributed by atoms with Gasteiger partial charge in [0, 0.05) is 6.07 Å². The Balaban J connectivity index is 1.60. The largest absolute Gasteiger partial charge is 0.270 e. The van der Waals surface area contributed by atoms with Gasteiger partial charge in [-0.3, -0.25) is 0 Å². The molecule has 0 unspecified atom stereocenters. The number of thiazole rings is 1. The van der Waals surface area contributed by atoms with Crippen LogP contribution in [0.4, 0.5) is 0 Å². The molecule has 166 valence electrons. The van der Waals surface area contributed by atoms with E-state index in [1.807, 2.05) is 11.3 Å². The van der Waals surface area contributed by atoms with Crippen molar-refractivity contribution >= 4 is 21.6 Å². The van der Waals surface area contributed by atoms with Crippen molar-refractivity contribution in [2.45, 2.75) is 6.92 Å². The second-order valence-corrected chi connectivity index (χ2v) is 10.3.